The topological polar surface area (TPSA) is 36.9 Å². The van der Waals surface area contributed by atoms with Crippen molar-refractivity contribution in [3.05, 3.63) is 0 Å². The second-order valence-electron chi connectivity index (χ2n) is 5.40. The largest absolute Gasteiger partial charge is 0.348 e. The van der Waals surface area contributed by atoms with Crippen LogP contribution in [0.5, 0.6) is 0 Å². The van der Waals surface area contributed by atoms with Crippen LogP contribution in [0.1, 0.15) is 39.5 Å². The summed E-state index contributed by atoms with van der Waals surface area (Å²) in [4.78, 5) is 0. The van der Waals surface area contributed by atoms with Crippen molar-refractivity contribution in [1.29, 1.82) is 0 Å². The summed E-state index contributed by atoms with van der Waals surface area (Å²) >= 11 is 0. The summed E-state index contributed by atoms with van der Waals surface area (Å²) in [5.41, 5.74) is 0. The Morgan fingerprint density at radius 2 is 1.00 bits per heavy atom. The van der Waals surface area contributed by atoms with Crippen molar-refractivity contribution in [1.82, 2.24) is 0 Å². The van der Waals surface area contributed by atoms with Crippen molar-refractivity contribution >= 4 is 60.3 Å². The molecule has 0 atom stereocenters. The van der Waals surface area contributed by atoms with Gasteiger partial charge in [0.05, 0.1) is 0 Å². The smallest absolute Gasteiger partial charge is 0.200 e. The zero-order chi connectivity index (χ0) is 18.3. The van der Waals surface area contributed by atoms with Crippen LogP contribution < -0.4 is 0 Å². The second kappa shape index (κ2) is 15.7. The normalized spacial score (nSPS) is 13.8. The van der Waals surface area contributed by atoms with Crippen molar-refractivity contribution in [2.45, 2.75) is 61.1 Å². The highest BCUT2D eigenvalue weighted by atomic mass is 33.7. The molecule has 0 unspecified atom stereocenters. The van der Waals surface area contributed by atoms with Gasteiger partial charge in [0.25, 0.3) is 0 Å². The molecule has 0 aromatic rings. The minimum absolute atomic E-state index is 0.435. The average molecular weight is 451 g/mol. The fourth-order valence-corrected chi connectivity index (χ4v) is 16.9. The number of hydrogen-bond donors (Lipinski definition) is 0. The van der Waals surface area contributed by atoms with Gasteiger partial charge in [-0.3, -0.25) is 0 Å². The summed E-state index contributed by atoms with van der Waals surface area (Å²) in [5, 5.41) is 0. The lowest BCUT2D eigenvalue weighted by Gasteiger charge is -2.31. The highest BCUT2D eigenvalue weighted by molar-refractivity contribution is 9.26. The van der Waals surface area contributed by atoms with Crippen LogP contribution in [0, 0.1) is 0 Å². The van der Waals surface area contributed by atoms with Gasteiger partial charge in [0.1, 0.15) is 19.0 Å². The van der Waals surface area contributed by atoms with E-state index in [2.05, 4.69) is 13.8 Å². The van der Waals surface area contributed by atoms with Gasteiger partial charge in [-0.1, -0.05) is 51.6 Å². The van der Waals surface area contributed by atoms with E-state index in [4.69, 9.17) is 18.9 Å². The summed E-state index contributed by atoms with van der Waals surface area (Å²) in [5.74, 6) is 0. The highest BCUT2D eigenvalue weighted by Crippen LogP contribution is 2.53. The molecule has 0 aliphatic rings. The minimum atomic E-state index is -0.460. The van der Waals surface area contributed by atoms with E-state index in [0.717, 1.165) is 0 Å². The Kier molecular flexibility index (Phi) is 16.8. The van der Waals surface area contributed by atoms with Gasteiger partial charge >= 0.3 is 0 Å². The van der Waals surface area contributed by atoms with E-state index in [1.807, 2.05) is 0 Å². The van der Waals surface area contributed by atoms with Crippen LogP contribution in [-0.4, -0.2) is 57.0 Å². The average Bonchev–Trinajstić information content (AvgIpc) is 2.62. The van der Waals surface area contributed by atoms with Gasteiger partial charge in [-0.15, -0.1) is 0 Å². The van der Waals surface area contributed by atoms with Gasteiger partial charge in [-0.05, 0) is 41.2 Å². The lowest BCUT2D eigenvalue weighted by atomic mass is 10.4. The monoisotopic (exact) mass is 450 g/mol. The second-order valence-corrected chi connectivity index (χ2v) is 16.8. The molecule has 0 heterocycles. The summed E-state index contributed by atoms with van der Waals surface area (Å²) in [7, 11) is 12.9. The van der Waals surface area contributed by atoms with E-state index in [1.54, 1.807) is 69.7 Å². The van der Waals surface area contributed by atoms with E-state index < -0.39 is 28.5 Å². The van der Waals surface area contributed by atoms with Crippen molar-refractivity contribution < 1.29 is 18.9 Å². The Morgan fingerprint density at radius 1 is 0.667 bits per heavy atom. The maximum Gasteiger partial charge on any atom is 0.200 e. The Morgan fingerprint density at radius 3 is 1.25 bits per heavy atom. The molecule has 0 fully saturated rings. The van der Waals surface area contributed by atoms with Crippen molar-refractivity contribution in [2.75, 3.05) is 28.4 Å². The molecule has 146 valence electrons. The first kappa shape index (κ1) is 25.7. The molecule has 0 aromatic heterocycles. The third kappa shape index (κ3) is 10.1. The van der Waals surface area contributed by atoms with E-state index in [-0.39, 0.29) is 0 Å². The van der Waals surface area contributed by atoms with Gasteiger partial charge < -0.3 is 18.9 Å². The number of unbranched alkanes of at least 4 members (excludes halogenated alkanes) is 2. The Labute approximate surface area is 168 Å². The molecule has 0 spiro atoms. The molecule has 0 bridgehead atoms. The van der Waals surface area contributed by atoms with Gasteiger partial charge in [-0.2, -0.15) is 0 Å². The highest BCUT2D eigenvalue weighted by Gasteiger charge is 2.34. The number of rotatable bonds is 17. The Hall–Kier alpha value is 1.67. The Balaban J connectivity index is 4.36. The van der Waals surface area contributed by atoms with E-state index in [0.29, 0.717) is 0 Å². The summed E-state index contributed by atoms with van der Waals surface area (Å²) in [6.45, 7) is 4.45. The molecule has 10 heteroatoms. The molecule has 0 radical (unpaired) electrons. The minimum Gasteiger partial charge on any atom is -0.348 e. The van der Waals surface area contributed by atoms with E-state index in [9.17, 15) is 0 Å². The number of ether oxygens (including phenoxy) is 4. The van der Waals surface area contributed by atoms with Crippen LogP contribution >= 0.6 is 41.2 Å². The van der Waals surface area contributed by atoms with Crippen LogP contribution in [0.4, 0.5) is 0 Å². The maximum absolute atomic E-state index is 5.70. The molecule has 0 aromatic carbocycles. The first-order chi connectivity index (χ1) is 11.6. The zero-order valence-electron chi connectivity index (χ0n) is 15.9. The Bertz CT molecular complexity index is 268. The van der Waals surface area contributed by atoms with E-state index >= 15 is 0 Å². The van der Waals surface area contributed by atoms with Crippen LogP contribution in [0.3, 0.4) is 0 Å². The molecule has 0 saturated carbocycles. The quantitative estimate of drug-likeness (QED) is 0.141. The lowest BCUT2D eigenvalue weighted by molar-refractivity contribution is -0.0726. The van der Waals surface area contributed by atoms with Crippen LogP contribution in [-0.2, 0) is 18.9 Å². The predicted octanol–water partition coefficient (Wildman–Crippen LogP) is 4.25. The molecule has 4 nitrogen and oxygen atoms in total. The number of methoxy groups -OCH3 is 4. The molecular formula is C14H34O4S4Si2. The first-order valence-corrected chi connectivity index (χ1v) is 16.7. The third-order valence-electron chi connectivity index (χ3n) is 3.77. The molecular weight excluding hydrogens is 417 g/mol. The molecule has 0 aliphatic heterocycles. The van der Waals surface area contributed by atoms with Gasteiger partial charge in [-0.25, -0.2) is 0 Å². The van der Waals surface area contributed by atoms with Crippen molar-refractivity contribution in [3.8, 4) is 0 Å². The number of hydrogen-bond acceptors (Lipinski definition) is 8. The molecule has 0 N–H and O–H groups in total. The molecule has 24 heavy (non-hydrogen) atoms. The summed E-state index contributed by atoms with van der Waals surface area (Å²) in [6.07, 6.45) is 4.97. The maximum atomic E-state index is 5.70. The van der Waals surface area contributed by atoms with Crippen LogP contribution in [0.2, 0.25) is 12.1 Å². The molecule has 0 aliphatic carbocycles. The van der Waals surface area contributed by atoms with Crippen molar-refractivity contribution in [2.24, 2.45) is 0 Å². The predicted molar refractivity (Wildman–Crippen MR) is 120 cm³/mol. The fraction of sp³-hybridized carbons (Fsp3) is 1.00. The van der Waals surface area contributed by atoms with Gasteiger partial charge in [0, 0.05) is 28.4 Å². The SMILES string of the molecule is CCCC[SiH2]C(OC)(OC)SSSSC(OC)(OC)[SiH2]CCCC. The lowest BCUT2D eigenvalue weighted by Crippen LogP contribution is -2.36. The molecule has 0 saturated heterocycles. The first-order valence-electron chi connectivity index (χ1n) is 8.48. The summed E-state index contributed by atoms with van der Waals surface area (Å²) in [6, 6.07) is 2.49. The molecule has 0 rings (SSSR count). The third-order valence-corrected chi connectivity index (χ3v) is 17.9. The standard InChI is InChI=1S/C14H34O4S4Si2/c1-7-9-11-23-13(15-3,16-4)19-21-22-20-14(17-5,18-6)24-12-10-8-2/h7-12,23-24H2,1-6H3. The van der Waals surface area contributed by atoms with Crippen molar-refractivity contribution in [3.63, 3.8) is 0 Å². The van der Waals surface area contributed by atoms with Crippen LogP contribution in [0.25, 0.3) is 0 Å². The van der Waals surface area contributed by atoms with Gasteiger partial charge in [0.2, 0.25) is 0 Å². The zero-order valence-corrected chi connectivity index (χ0v) is 22.0. The van der Waals surface area contributed by atoms with Crippen LogP contribution in [0.15, 0.2) is 0 Å². The van der Waals surface area contributed by atoms with Gasteiger partial charge in [0.15, 0.2) is 9.48 Å². The summed E-state index contributed by atoms with van der Waals surface area (Å²) < 4.78 is 21.9. The molecule has 0 amide bonds. The van der Waals surface area contributed by atoms with E-state index in [1.165, 1.54) is 37.8 Å². The fourth-order valence-electron chi connectivity index (χ4n) is 2.11.